The molecule has 0 amide bonds. The van der Waals surface area contributed by atoms with Gasteiger partial charge in [-0.05, 0) is 13.0 Å². The highest BCUT2D eigenvalue weighted by Crippen LogP contribution is 2.26. The van der Waals surface area contributed by atoms with E-state index in [2.05, 4.69) is 26.7 Å². The van der Waals surface area contributed by atoms with Gasteiger partial charge in [-0.25, -0.2) is 0 Å². The van der Waals surface area contributed by atoms with Gasteiger partial charge in [-0.1, -0.05) is 18.2 Å². The van der Waals surface area contributed by atoms with Gasteiger partial charge in [0.05, 0.1) is 23.1 Å². The molecule has 0 saturated heterocycles. The highest BCUT2D eigenvalue weighted by Gasteiger charge is 2.11. The Bertz CT molecular complexity index is 799. The molecular weight excluding hydrogens is 252 g/mol. The van der Waals surface area contributed by atoms with E-state index < -0.39 is 0 Å². The summed E-state index contributed by atoms with van der Waals surface area (Å²) in [6.45, 7) is 2.81. The number of benzene rings is 1. The average Bonchev–Trinajstić information content (AvgIpc) is 2.95. The number of hydrogen-bond acceptors (Lipinski definition) is 5. The van der Waals surface area contributed by atoms with E-state index in [1.165, 1.54) is 0 Å². The fourth-order valence-electron chi connectivity index (χ4n) is 2.00. The van der Waals surface area contributed by atoms with Crippen molar-refractivity contribution in [2.24, 2.45) is 0 Å². The minimum absolute atomic E-state index is 0.271. The molecule has 3 rings (SSSR count). The van der Waals surface area contributed by atoms with Crippen molar-refractivity contribution in [1.29, 1.82) is 5.26 Å². The molecule has 2 aromatic heterocycles. The lowest BCUT2D eigenvalue weighted by Gasteiger charge is -2.08. The fraction of sp³-hybridized carbons (Fsp3) is 0.143. The Morgan fingerprint density at radius 1 is 1.30 bits per heavy atom. The van der Waals surface area contributed by atoms with Gasteiger partial charge in [0.2, 0.25) is 0 Å². The lowest BCUT2D eigenvalue weighted by atomic mass is 10.1. The number of rotatable bonds is 3. The largest absolute Gasteiger partial charge is 0.350 e. The summed E-state index contributed by atoms with van der Waals surface area (Å²) in [6.07, 6.45) is 3.61. The first-order chi connectivity index (χ1) is 9.81. The summed E-state index contributed by atoms with van der Waals surface area (Å²) >= 11 is 0. The van der Waals surface area contributed by atoms with Crippen LogP contribution in [0, 0.1) is 11.3 Å². The highest BCUT2D eigenvalue weighted by atomic mass is 15.3. The molecule has 0 atom stereocenters. The first kappa shape index (κ1) is 12.1. The number of nitriles is 1. The number of nitrogens with one attached hydrogen (secondary N) is 1. The second kappa shape index (κ2) is 4.97. The van der Waals surface area contributed by atoms with Crippen LogP contribution < -0.4 is 5.32 Å². The molecule has 1 aromatic carbocycles. The quantitative estimate of drug-likeness (QED) is 0.786. The predicted octanol–water partition coefficient (Wildman–Crippen LogP) is 2.46. The van der Waals surface area contributed by atoms with E-state index >= 15 is 0 Å². The third-order valence-corrected chi connectivity index (χ3v) is 3.00. The molecule has 0 aliphatic rings. The van der Waals surface area contributed by atoms with Gasteiger partial charge in [0, 0.05) is 18.1 Å². The molecule has 0 fully saturated rings. The van der Waals surface area contributed by atoms with Crippen LogP contribution >= 0.6 is 0 Å². The molecule has 0 saturated carbocycles. The van der Waals surface area contributed by atoms with E-state index in [0.29, 0.717) is 5.69 Å². The van der Waals surface area contributed by atoms with Gasteiger partial charge in [0.15, 0.2) is 5.69 Å². The van der Waals surface area contributed by atoms with Gasteiger partial charge in [0.25, 0.3) is 0 Å². The van der Waals surface area contributed by atoms with Gasteiger partial charge in [-0.15, -0.1) is 10.2 Å². The molecule has 0 unspecified atom stereocenters. The molecule has 0 aliphatic heterocycles. The summed E-state index contributed by atoms with van der Waals surface area (Å²) in [7, 11) is 0. The van der Waals surface area contributed by atoms with E-state index in [1.54, 1.807) is 6.20 Å². The van der Waals surface area contributed by atoms with Crippen LogP contribution in [0.1, 0.15) is 12.6 Å². The average molecular weight is 264 g/mol. The van der Waals surface area contributed by atoms with E-state index in [9.17, 15) is 5.26 Å². The lowest BCUT2D eigenvalue weighted by Crippen LogP contribution is -1.99. The van der Waals surface area contributed by atoms with Crippen molar-refractivity contribution >= 4 is 22.3 Å². The Balaban J connectivity index is 2.11. The molecule has 6 heteroatoms. The molecule has 1 N–H and O–H groups in total. The van der Waals surface area contributed by atoms with Crippen LogP contribution in [0.15, 0.2) is 36.7 Å². The van der Waals surface area contributed by atoms with Crippen molar-refractivity contribution in [2.45, 2.75) is 13.5 Å². The minimum Gasteiger partial charge on any atom is -0.350 e. The van der Waals surface area contributed by atoms with Crippen LogP contribution in [0.25, 0.3) is 10.9 Å². The Hall–Kier alpha value is -2.94. The highest BCUT2D eigenvalue weighted by molar-refractivity contribution is 5.94. The maximum atomic E-state index is 9.19. The summed E-state index contributed by atoms with van der Waals surface area (Å²) < 4.78 is 1.81. The lowest BCUT2D eigenvalue weighted by molar-refractivity contribution is 0.660. The number of anilines is 2. The molecule has 2 heterocycles. The predicted molar refractivity (Wildman–Crippen MR) is 75.4 cm³/mol. The smallest absolute Gasteiger partial charge is 0.187 e. The minimum atomic E-state index is 0.271. The molecular formula is C14H12N6. The number of nitrogens with zero attached hydrogens (tertiary/aromatic N) is 5. The second-order valence-electron chi connectivity index (χ2n) is 4.26. The maximum Gasteiger partial charge on any atom is 0.187 e. The molecule has 0 radical (unpaired) electrons. The molecule has 0 bridgehead atoms. The molecule has 6 nitrogen and oxygen atoms in total. The van der Waals surface area contributed by atoms with Crippen LogP contribution in [0.3, 0.4) is 0 Å². The summed E-state index contributed by atoms with van der Waals surface area (Å²) in [5, 5.41) is 25.5. The van der Waals surface area contributed by atoms with E-state index in [0.717, 1.165) is 23.1 Å². The van der Waals surface area contributed by atoms with Crippen molar-refractivity contribution in [3.05, 3.63) is 42.4 Å². The molecule has 0 aliphatic carbocycles. The van der Waals surface area contributed by atoms with Crippen LogP contribution in [0.5, 0.6) is 0 Å². The third-order valence-electron chi connectivity index (χ3n) is 3.00. The van der Waals surface area contributed by atoms with Crippen molar-refractivity contribution in [3.63, 3.8) is 0 Å². The molecule has 0 spiro atoms. The SMILES string of the molecule is CCn1cc(Nc2c(C#N)nnc3ccccc23)cn1. The number of fused-ring (bicyclic) bond motifs is 1. The summed E-state index contributed by atoms with van der Waals surface area (Å²) in [6, 6.07) is 9.64. The van der Waals surface area contributed by atoms with Crippen molar-refractivity contribution in [2.75, 3.05) is 5.32 Å². The van der Waals surface area contributed by atoms with Crippen LogP contribution in [0.2, 0.25) is 0 Å². The van der Waals surface area contributed by atoms with Crippen molar-refractivity contribution in [3.8, 4) is 6.07 Å². The normalized spacial score (nSPS) is 10.4. The summed E-state index contributed by atoms with van der Waals surface area (Å²) in [4.78, 5) is 0. The van der Waals surface area contributed by atoms with Gasteiger partial charge in [0.1, 0.15) is 6.07 Å². The van der Waals surface area contributed by atoms with Crippen molar-refractivity contribution < 1.29 is 0 Å². The van der Waals surface area contributed by atoms with E-state index in [4.69, 9.17) is 0 Å². The van der Waals surface area contributed by atoms with Gasteiger partial charge in [-0.3, -0.25) is 4.68 Å². The monoisotopic (exact) mass is 264 g/mol. The first-order valence-corrected chi connectivity index (χ1v) is 6.27. The Morgan fingerprint density at radius 2 is 2.15 bits per heavy atom. The number of aryl methyl sites for hydroxylation is 1. The molecule has 20 heavy (non-hydrogen) atoms. The fourth-order valence-corrected chi connectivity index (χ4v) is 2.00. The topological polar surface area (TPSA) is 79.4 Å². The Kier molecular flexibility index (Phi) is 3.01. The molecule has 98 valence electrons. The zero-order valence-electron chi connectivity index (χ0n) is 10.9. The molecule has 3 aromatic rings. The van der Waals surface area contributed by atoms with Crippen LogP contribution in [0.4, 0.5) is 11.4 Å². The van der Waals surface area contributed by atoms with Crippen LogP contribution in [-0.4, -0.2) is 20.0 Å². The van der Waals surface area contributed by atoms with Gasteiger partial charge in [-0.2, -0.15) is 10.4 Å². The summed E-state index contributed by atoms with van der Waals surface area (Å²) in [5.74, 6) is 0. The number of hydrogen-bond donors (Lipinski definition) is 1. The van der Waals surface area contributed by atoms with E-state index in [-0.39, 0.29) is 5.69 Å². The second-order valence-corrected chi connectivity index (χ2v) is 4.26. The zero-order chi connectivity index (χ0) is 13.9. The standard InChI is InChI=1S/C14H12N6/c1-2-20-9-10(8-16-20)17-14-11-5-3-4-6-12(11)18-19-13(14)7-15/h3-6,8-9H,2H2,1H3,(H,17,18). The third kappa shape index (κ3) is 2.06. The summed E-state index contributed by atoms with van der Waals surface area (Å²) in [5.41, 5.74) is 2.50. The van der Waals surface area contributed by atoms with Crippen LogP contribution in [-0.2, 0) is 6.54 Å². The zero-order valence-corrected chi connectivity index (χ0v) is 10.9. The van der Waals surface area contributed by atoms with E-state index in [1.807, 2.05) is 42.1 Å². The Labute approximate surface area is 115 Å². The van der Waals surface area contributed by atoms with Crippen molar-refractivity contribution in [1.82, 2.24) is 20.0 Å². The Morgan fingerprint density at radius 3 is 2.90 bits per heavy atom. The first-order valence-electron chi connectivity index (χ1n) is 6.27. The van der Waals surface area contributed by atoms with Gasteiger partial charge >= 0.3 is 0 Å². The number of aromatic nitrogens is 4. The maximum absolute atomic E-state index is 9.19. The van der Waals surface area contributed by atoms with Gasteiger partial charge < -0.3 is 5.32 Å².